The molecule has 1 N–H and O–H groups in total. The van der Waals surface area contributed by atoms with E-state index in [4.69, 9.17) is 67.2 Å². The summed E-state index contributed by atoms with van der Waals surface area (Å²) in [5, 5.41) is 6.99. The molecule has 12 heteroatoms. The SMILES string of the molecule is Cc1cc(NC(=O)c2ccc(COc3c(Cl)c(Cl)c(Cl)c(Cl)c3Cl)o2)nn1Cc1ccccc1F. The average Bonchev–Trinajstić information content (AvgIpc) is 3.44. The van der Waals surface area contributed by atoms with E-state index in [0.717, 1.165) is 5.69 Å². The van der Waals surface area contributed by atoms with E-state index in [1.165, 1.54) is 12.1 Å². The highest BCUT2D eigenvalue weighted by molar-refractivity contribution is 6.55. The molecule has 4 aromatic rings. The van der Waals surface area contributed by atoms with E-state index in [9.17, 15) is 9.18 Å². The molecule has 35 heavy (non-hydrogen) atoms. The molecule has 182 valence electrons. The Labute approximate surface area is 224 Å². The van der Waals surface area contributed by atoms with Crippen LogP contribution < -0.4 is 10.1 Å². The molecule has 0 radical (unpaired) electrons. The van der Waals surface area contributed by atoms with E-state index >= 15 is 0 Å². The normalized spacial score (nSPS) is 11.1. The molecule has 0 unspecified atom stereocenters. The minimum absolute atomic E-state index is 0.00183. The number of aromatic nitrogens is 2. The molecule has 2 heterocycles. The van der Waals surface area contributed by atoms with Gasteiger partial charge in [-0.15, -0.1) is 0 Å². The summed E-state index contributed by atoms with van der Waals surface area (Å²) in [4.78, 5) is 12.6. The van der Waals surface area contributed by atoms with Crippen molar-refractivity contribution < 1.29 is 18.3 Å². The topological polar surface area (TPSA) is 69.3 Å². The predicted octanol–water partition coefficient (Wildman–Crippen LogP) is 8.07. The average molecular weight is 578 g/mol. The summed E-state index contributed by atoms with van der Waals surface area (Å²) in [6, 6.07) is 11.1. The first-order valence-corrected chi connectivity index (χ1v) is 11.9. The Morgan fingerprint density at radius 2 is 1.69 bits per heavy atom. The number of benzene rings is 2. The second kappa shape index (κ2) is 10.7. The lowest BCUT2D eigenvalue weighted by Crippen LogP contribution is -2.12. The van der Waals surface area contributed by atoms with Crippen molar-refractivity contribution in [2.24, 2.45) is 0 Å². The number of carbonyl (C=O) groups is 1. The number of ether oxygens (including phenoxy) is 1. The fourth-order valence-corrected chi connectivity index (χ4v) is 4.36. The zero-order chi connectivity index (χ0) is 25.3. The largest absolute Gasteiger partial charge is 0.482 e. The molecule has 0 bridgehead atoms. The van der Waals surface area contributed by atoms with Gasteiger partial charge >= 0.3 is 0 Å². The van der Waals surface area contributed by atoms with Crippen molar-refractivity contribution in [2.75, 3.05) is 5.32 Å². The molecule has 0 fully saturated rings. The third-order valence-electron chi connectivity index (χ3n) is 4.91. The second-order valence-electron chi connectivity index (χ2n) is 7.33. The van der Waals surface area contributed by atoms with E-state index in [-0.39, 0.29) is 55.6 Å². The van der Waals surface area contributed by atoms with Crippen LogP contribution in [0.1, 0.15) is 27.6 Å². The molecule has 6 nitrogen and oxygen atoms in total. The fraction of sp³-hybridized carbons (Fsp3) is 0.130. The third kappa shape index (κ3) is 5.55. The summed E-state index contributed by atoms with van der Waals surface area (Å²) in [5.74, 6) is -0.197. The maximum Gasteiger partial charge on any atom is 0.292 e. The molecule has 2 aromatic heterocycles. The quantitative estimate of drug-likeness (QED) is 0.178. The number of hydrogen-bond acceptors (Lipinski definition) is 4. The number of amides is 1. The van der Waals surface area contributed by atoms with Gasteiger partial charge in [0.05, 0.1) is 21.6 Å². The van der Waals surface area contributed by atoms with Crippen LogP contribution in [0, 0.1) is 12.7 Å². The minimum Gasteiger partial charge on any atom is -0.482 e. The highest BCUT2D eigenvalue weighted by atomic mass is 35.5. The lowest BCUT2D eigenvalue weighted by atomic mass is 10.2. The summed E-state index contributed by atoms with van der Waals surface area (Å²) >= 11 is 30.4. The summed E-state index contributed by atoms with van der Waals surface area (Å²) in [6.45, 7) is 1.91. The molecular formula is C23H15Cl5FN3O3. The molecule has 0 atom stereocenters. The molecule has 0 saturated carbocycles. The molecule has 2 aromatic carbocycles. The summed E-state index contributed by atoms with van der Waals surface area (Å²) in [5.41, 5.74) is 1.22. The lowest BCUT2D eigenvalue weighted by molar-refractivity contribution is 0.0992. The van der Waals surface area contributed by atoms with Gasteiger partial charge in [-0.3, -0.25) is 9.48 Å². The van der Waals surface area contributed by atoms with Gasteiger partial charge in [0.25, 0.3) is 5.91 Å². The van der Waals surface area contributed by atoms with E-state index < -0.39 is 5.91 Å². The van der Waals surface area contributed by atoms with Crippen LogP contribution in [-0.4, -0.2) is 15.7 Å². The van der Waals surface area contributed by atoms with Gasteiger partial charge in [-0.25, -0.2) is 4.39 Å². The summed E-state index contributed by atoms with van der Waals surface area (Å²) < 4.78 is 26.7. The number of nitrogens with zero attached hydrogens (tertiary/aromatic N) is 2. The standard InChI is InChI=1S/C23H15Cl5FN3O3/c1-11-8-16(31-32(11)9-12-4-2-3-5-14(12)29)30-23(33)15-7-6-13(35-15)10-34-22-20(27)18(25)17(24)19(26)21(22)28/h2-8H,9-10H2,1H3,(H,30,31,33). The summed E-state index contributed by atoms with van der Waals surface area (Å²) in [7, 11) is 0. The second-order valence-corrected chi connectivity index (χ2v) is 9.22. The van der Waals surface area contributed by atoms with Crippen molar-refractivity contribution >= 4 is 69.7 Å². The van der Waals surface area contributed by atoms with Crippen LogP contribution >= 0.6 is 58.0 Å². The first-order chi connectivity index (χ1) is 16.7. The van der Waals surface area contributed by atoms with Crippen LogP contribution in [-0.2, 0) is 13.2 Å². The van der Waals surface area contributed by atoms with Crippen LogP contribution in [0.25, 0.3) is 0 Å². The number of rotatable bonds is 7. The van der Waals surface area contributed by atoms with Crippen LogP contribution in [0.15, 0.2) is 46.9 Å². The van der Waals surface area contributed by atoms with Crippen LogP contribution in [0.5, 0.6) is 5.75 Å². The Kier molecular flexibility index (Phi) is 7.83. The Bertz CT molecular complexity index is 1390. The molecule has 1 amide bonds. The van der Waals surface area contributed by atoms with Gasteiger partial charge < -0.3 is 14.5 Å². The van der Waals surface area contributed by atoms with Crippen LogP contribution in [0.2, 0.25) is 25.1 Å². The number of furan rings is 1. The van der Waals surface area contributed by atoms with E-state index in [1.807, 2.05) is 0 Å². The van der Waals surface area contributed by atoms with E-state index in [1.54, 1.807) is 41.9 Å². The highest BCUT2D eigenvalue weighted by Crippen LogP contribution is 2.48. The Morgan fingerprint density at radius 3 is 2.37 bits per heavy atom. The number of halogens is 6. The maximum absolute atomic E-state index is 14.0. The number of carbonyl (C=O) groups excluding carboxylic acids is 1. The molecule has 0 spiro atoms. The molecule has 0 saturated heterocycles. The lowest BCUT2D eigenvalue weighted by Gasteiger charge is -2.12. The van der Waals surface area contributed by atoms with Crippen LogP contribution in [0.4, 0.5) is 10.2 Å². The van der Waals surface area contributed by atoms with Gasteiger partial charge in [-0.1, -0.05) is 76.2 Å². The molecular weight excluding hydrogens is 563 g/mol. The van der Waals surface area contributed by atoms with Gasteiger partial charge in [0.15, 0.2) is 17.3 Å². The van der Waals surface area contributed by atoms with Crippen LogP contribution in [0.3, 0.4) is 0 Å². The van der Waals surface area contributed by atoms with Gasteiger partial charge in [0.2, 0.25) is 0 Å². The van der Waals surface area contributed by atoms with Crippen molar-refractivity contribution in [2.45, 2.75) is 20.1 Å². The predicted molar refractivity (Wildman–Crippen MR) is 135 cm³/mol. The van der Waals surface area contributed by atoms with Gasteiger partial charge in [0, 0.05) is 17.3 Å². The minimum atomic E-state index is -0.527. The molecule has 0 aliphatic rings. The molecule has 0 aliphatic carbocycles. The Morgan fingerprint density at radius 1 is 1.03 bits per heavy atom. The smallest absolute Gasteiger partial charge is 0.292 e. The molecule has 0 aliphatic heterocycles. The first-order valence-electron chi connectivity index (χ1n) is 9.97. The zero-order valence-electron chi connectivity index (χ0n) is 17.8. The summed E-state index contributed by atoms with van der Waals surface area (Å²) in [6.07, 6.45) is 0. The van der Waals surface area contributed by atoms with Gasteiger partial charge in [0.1, 0.15) is 28.2 Å². The van der Waals surface area contributed by atoms with Crippen molar-refractivity contribution in [3.8, 4) is 5.75 Å². The number of hydrogen-bond donors (Lipinski definition) is 1. The Balaban J connectivity index is 1.42. The van der Waals surface area contributed by atoms with Crippen molar-refractivity contribution in [1.82, 2.24) is 9.78 Å². The van der Waals surface area contributed by atoms with Crippen molar-refractivity contribution in [3.63, 3.8) is 0 Å². The third-order valence-corrected chi connectivity index (χ3v) is 7.16. The van der Waals surface area contributed by atoms with E-state index in [0.29, 0.717) is 17.1 Å². The number of anilines is 1. The Hall–Kier alpha value is -2.42. The van der Waals surface area contributed by atoms with Crippen molar-refractivity contribution in [1.29, 1.82) is 0 Å². The van der Waals surface area contributed by atoms with Gasteiger partial charge in [-0.2, -0.15) is 5.10 Å². The maximum atomic E-state index is 14.0. The van der Waals surface area contributed by atoms with Gasteiger partial charge in [-0.05, 0) is 25.1 Å². The monoisotopic (exact) mass is 575 g/mol. The fourth-order valence-electron chi connectivity index (χ4n) is 3.13. The zero-order valence-corrected chi connectivity index (χ0v) is 21.6. The number of nitrogens with one attached hydrogen (secondary N) is 1. The number of aryl methyl sites for hydroxylation is 1. The first kappa shape index (κ1) is 25.7. The highest BCUT2D eigenvalue weighted by Gasteiger charge is 2.21. The van der Waals surface area contributed by atoms with E-state index in [2.05, 4.69) is 10.4 Å². The molecule has 4 rings (SSSR count). The van der Waals surface area contributed by atoms with Crippen molar-refractivity contribution in [3.05, 3.63) is 96.2 Å².